The summed E-state index contributed by atoms with van der Waals surface area (Å²) in [6.45, 7) is 1.28. The molecule has 1 aliphatic carbocycles. The van der Waals surface area contributed by atoms with Gasteiger partial charge in [-0.15, -0.1) is 0 Å². The second-order valence-corrected chi connectivity index (χ2v) is 8.02. The molecule has 3 unspecified atom stereocenters. The molecular formula is C20H29N5O2. The summed E-state index contributed by atoms with van der Waals surface area (Å²) in [5.74, 6) is 0.151. The number of hydrogen-bond donors (Lipinski definition) is 3. The normalized spacial score (nSPS) is 29.0. The van der Waals surface area contributed by atoms with Crippen LogP contribution in [-0.4, -0.2) is 46.9 Å². The molecule has 3 N–H and O–H groups in total. The SMILES string of the molecule is O=C(NC1CCCC1)C1CCCN(C(=O)C2CC(c3ccncc3)NN2)C1. The van der Waals surface area contributed by atoms with Crippen molar-refractivity contribution in [3.63, 3.8) is 0 Å². The molecule has 3 fully saturated rings. The number of carbonyl (C=O) groups excluding carboxylic acids is 2. The van der Waals surface area contributed by atoms with Crippen LogP contribution in [-0.2, 0) is 9.59 Å². The Kier molecular flexibility index (Phi) is 5.69. The maximum Gasteiger partial charge on any atom is 0.241 e. The van der Waals surface area contributed by atoms with Crippen LogP contribution >= 0.6 is 0 Å². The van der Waals surface area contributed by atoms with Gasteiger partial charge in [0.1, 0.15) is 6.04 Å². The highest BCUT2D eigenvalue weighted by atomic mass is 16.2. The molecule has 0 aromatic carbocycles. The Morgan fingerprint density at radius 1 is 1.07 bits per heavy atom. The Morgan fingerprint density at radius 3 is 2.63 bits per heavy atom. The molecule has 4 rings (SSSR count). The van der Waals surface area contributed by atoms with Crippen molar-refractivity contribution in [2.75, 3.05) is 13.1 Å². The molecule has 1 saturated carbocycles. The second-order valence-electron chi connectivity index (χ2n) is 8.02. The van der Waals surface area contributed by atoms with Crippen molar-refractivity contribution in [1.29, 1.82) is 0 Å². The number of nitrogens with zero attached hydrogens (tertiary/aromatic N) is 2. The summed E-state index contributed by atoms with van der Waals surface area (Å²) < 4.78 is 0. The molecule has 0 radical (unpaired) electrons. The van der Waals surface area contributed by atoms with Crippen LogP contribution < -0.4 is 16.2 Å². The molecule has 3 heterocycles. The molecule has 146 valence electrons. The number of rotatable bonds is 4. The molecule has 7 nitrogen and oxygen atoms in total. The fourth-order valence-corrected chi connectivity index (χ4v) is 4.53. The van der Waals surface area contributed by atoms with Crippen molar-refractivity contribution in [3.8, 4) is 0 Å². The third-order valence-electron chi connectivity index (χ3n) is 6.12. The lowest BCUT2D eigenvalue weighted by molar-refractivity contribution is -0.137. The summed E-state index contributed by atoms with van der Waals surface area (Å²) in [5, 5.41) is 3.20. The zero-order valence-corrected chi connectivity index (χ0v) is 15.7. The van der Waals surface area contributed by atoms with Crippen LogP contribution in [0.25, 0.3) is 0 Å². The van der Waals surface area contributed by atoms with Gasteiger partial charge in [0.15, 0.2) is 0 Å². The average molecular weight is 371 g/mol. The van der Waals surface area contributed by atoms with Crippen molar-refractivity contribution in [3.05, 3.63) is 30.1 Å². The van der Waals surface area contributed by atoms with E-state index in [1.807, 2.05) is 17.0 Å². The summed E-state index contributed by atoms with van der Waals surface area (Å²) in [6, 6.07) is 4.13. The first-order valence-corrected chi connectivity index (χ1v) is 10.2. The average Bonchev–Trinajstić information content (AvgIpc) is 3.40. The number of nitrogens with one attached hydrogen (secondary N) is 3. The summed E-state index contributed by atoms with van der Waals surface area (Å²) in [5.41, 5.74) is 7.49. The number of amides is 2. The van der Waals surface area contributed by atoms with E-state index in [0.29, 0.717) is 19.0 Å². The third kappa shape index (κ3) is 4.30. The Balaban J connectivity index is 1.31. The van der Waals surface area contributed by atoms with E-state index in [2.05, 4.69) is 21.2 Å². The minimum atomic E-state index is -0.250. The zero-order chi connectivity index (χ0) is 18.6. The van der Waals surface area contributed by atoms with Crippen molar-refractivity contribution < 1.29 is 9.59 Å². The van der Waals surface area contributed by atoms with E-state index in [9.17, 15) is 9.59 Å². The Bertz CT molecular complexity index is 662. The van der Waals surface area contributed by atoms with Crippen molar-refractivity contribution in [2.45, 2.75) is 63.1 Å². The Hall–Kier alpha value is -1.99. The molecule has 1 aromatic rings. The van der Waals surface area contributed by atoms with E-state index in [-0.39, 0.29) is 29.8 Å². The number of pyridine rings is 1. The number of piperidine rings is 1. The Morgan fingerprint density at radius 2 is 1.85 bits per heavy atom. The standard InChI is InChI=1S/C20H29N5O2/c26-19(22-16-5-1-2-6-16)15-4-3-11-25(13-15)20(27)18-12-17(23-24-18)14-7-9-21-10-8-14/h7-10,15-18,23-24H,1-6,11-13H2,(H,22,26). The maximum absolute atomic E-state index is 13.0. The van der Waals surface area contributed by atoms with E-state index in [1.165, 1.54) is 12.8 Å². The van der Waals surface area contributed by atoms with E-state index in [0.717, 1.165) is 37.8 Å². The molecule has 2 saturated heterocycles. The number of aromatic nitrogens is 1. The van der Waals surface area contributed by atoms with Gasteiger partial charge in [0, 0.05) is 37.6 Å². The smallest absolute Gasteiger partial charge is 0.241 e. The van der Waals surface area contributed by atoms with Gasteiger partial charge < -0.3 is 10.2 Å². The third-order valence-corrected chi connectivity index (χ3v) is 6.12. The maximum atomic E-state index is 13.0. The molecule has 27 heavy (non-hydrogen) atoms. The van der Waals surface area contributed by atoms with Gasteiger partial charge in [0.2, 0.25) is 11.8 Å². The molecule has 0 bridgehead atoms. The highest BCUT2D eigenvalue weighted by Gasteiger charge is 2.36. The summed E-state index contributed by atoms with van der Waals surface area (Å²) >= 11 is 0. The molecule has 3 aliphatic rings. The summed E-state index contributed by atoms with van der Waals surface area (Å²) in [7, 11) is 0. The molecule has 7 heteroatoms. The van der Waals surface area contributed by atoms with Gasteiger partial charge in [0.05, 0.1) is 5.92 Å². The van der Waals surface area contributed by atoms with Gasteiger partial charge in [-0.3, -0.25) is 14.6 Å². The van der Waals surface area contributed by atoms with E-state index in [4.69, 9.17) is 0 Å². The molecular weight excluding hydrogens is 342 g/mol. The number of hydrogen-bond acceptors (Lipinski definition) is 5. The van der Waals surface area contributed by atoms with Gasteiger partial charge >= 0.3 is 0 Å². The molecule has 2 aliphatic heterocycles. The lowest BCUT2D eigenvalue weighted by Crippen LogP contribution is -2.52. The molecule has 0 spiro atoms. The lowest BCUT2D eigenvalue weighted by Gasteiger charge is -2.34. The number of likely N-dealkylation sites (tertiary alicyclic amines) is 1. The van der Waals surface area contributed by atoms with E-state index >= 15 is 0 Å². The zero-order valence-electron chi connectivity index (χ0n) is 15.7. The minimum Gasteiger partial charge on any atom is -0.353 e. The highest BCUT2D eigenvalue weighted by Crippen LogP contribution is 2.25. The minimum absolute atomic E-state index is 0.0753. The fraction of sp³-hybridized carbons (Fsp3) is 0.650. The van der Waals surface area contributed by atoms with Crippen molar-refractivity contribution in [1.82, 2.24) is 26.1 Å². The predicted molar refractivity (Wildman–Crippen MR) is 101 cm³/mol. The largest absolute Gasteiger partial charge is 0.353 e. The second kappa shape index (κ2) is 8.35. The first kappa shape index (κ1) is 18.4. The summed E-state index contributed by atoms with van der Waals surface area (Å²) in [6.07, 6.45) is 10.6. The topological polar surface area (TPSA) is 86.4 Å². The van der Waals surface area contributed by atoms with Crippen LogP contribution in [0.15, 0.2) is 24.5 Å². The van der Waals surface area contributed by atoms with Gasteiger partial charge in [-0.1, -0.05) is 12.8 Å². The molecule has 2 amide bonds. The van der Waals surface area contributed by atoms with Crippen LogP contribution in [0.4, 0.5) is 0 Å². The molecule has 1 aromatic heterocycles. The van der Waals surface area contributed by atoms with Crippen LogP contribution in [0.5, 0.6) is 0 Å². The fourth-order valence-electron chi connectivity index (χ4n) is 4.53. The van der Waals surface area contributed by atoms with Crippen molar-refractivity contribution in [2.24, 2.45) is 5.92 Å². The first-order valence-electron chi connectivity index (χ1n) is 10.2. The van der Waals surface area contributed by atoms with E-state index in [1.54, 1.807) is 12.4 Å². The van der Waals surface area contributed by atoms with Crippen LogP contribution in [0.1, 0.15) is 56.6 Å². The highest BCUT2D eigenvalue weighted by molar-refractivity contribution is 5.84. The number of carbonyl (C=O) groups is 2. The summed E-state index contributed by atoms with van der Waals surface area (Å²) in [4.78, 5) is 31.5. The van der Waals surface area contributed by atoms with Gasteiger partial charge in [-0.25, -0.2) is 10.9 Å². The van der Waals surface area contributed by atoms with E-state index < -0.39 is 0 Å². The first-order chi connectivity index (χ1) is 13.2. The van der Waals surface area contributed by atoms with Gasteiger partial charge in [-0.05, 0) is 49.8 Å². The van der Waals surface area contributed by atoms with Crippen LogP contribution in [0.2, 0.25) is 0 Å². The van der Waals surface area contributed by atoms with Gasteiger partial charge in [-0.2, -0.15) is 0 Å². The quantitative estimate of drug-likeness (QED) is 0.742. The monoisotopic (exact) mass is 371 g/mol. The van der Waals surface area contributed by atoms with Crippen LogP contribution in [0, 0.1) is 5.92 Å². The van der Waals surface area contributed by atoms with Crippen LogP contribution in [0.3, 0.4) is 0 Å². The molecule has 3 atom stereocenters. The Labute approximate surface area is 160 Å². The number of hydrazine groups is 1. The predicted octanol–water partition coefficient (Wildman–Crippen LogP) is 1.29. The van der Waals surface area contributed by atoms with Gasteiger partial charge in [0.25, 0.3) is 0 Å². The lowest BCUT2D eigenvalue weighted by atomic mass is 9.95. The van der Waals surface area contributed by atoms with Crippen molar-refractivity contribution >= 4 is 11.8 Å².